The molecule has 0 atom stereocenters. The normalized spacial score (nSPS) is 10.8. The zero-order valence-corrected chi connectivity index (χ0v) is 8.97. The van der Waals surface area contributed by atoms with Crippen LogP contribution in [0, 0.1) is 6.92 Å². The van der Waals surface area contributed by atoms with Gasteiger partial charge in [0.2, 0.25) is 0 Å². The van der Waals surface area contributed by atoms with Gasteiger partial charge in [-0.3, -0.25) is 4.79 Å². The van der Waals surface area contributed by atoms with E-state index in [9.17, 15) is 4.79 Å². The van der Waals surface area contributed by atoms with E-state index in [4.69, 9.17) is 5.11 Å². The number of imidazole rings is 1. The van der Waals surface area contributed by atoms with Crippen LogP contribution in [0.4, 0.5) is 0 Å². The number of hydrogen-bond acceptors (Lipinski definition) is 3. The lowest BCUT2D eigenvalue weighted by Gasteiger charge is -1.96. The molecule has 0 aliphatic carbocycles. The van der Waals surface area contributed by atoms with Gasteiger partial charge in [0.25, 0.3) is 0 Å². The third-order valence-corrected chi connectivity index (χ3v) is 2.23. The van der Waals surface area contributed by atoms with Gasteiger partial charge >= 0.3 is 5.97 Å². The molecule has 2 rings (SSSR count). The van der Waals surface area contributed by atoms with Gasteiger partial charge in [-0.05, 0) is 18.6 Å². The average Bonchev–Trinajstić information content (AvgIpc) is 2.58. The number of hydrogen-bond donors (Lipinski definition) is 2. The van der Waals surface area contributed by atoms with Crippen molar-refractivity contribution in [2.45, 2.75) is 13.5 Å². The second-order valence-corrected chi connectivity index (χ2v) is 3.70. The molecular formula is C11H13N3O2. The molecule has 0 radical (unpaired) electrons. The summed E-state index contributed by atoms with van der Waals surface area (Å²) in [6.07, 6.45) is 3.89. The van der Waals surface area contributed by atoms with Crippen molar-refractivity contribution in [2.24, 2.45) is 0 Å². The highest BCUT2D eigenvalue weighted by Crippen LogP contribution is 2.06. The van der Waals surface area contributed by atoms with Crippen molar-refractivity contribution >= 4 is 11.6 Å². The van der Waals surface area contributed by atoms with Crippen molar-refractivity contribution < 1.29 is 9.90 Å². The smallest absolute Gasteiger partial charge is 0.317 e. The van der Waals surface area contributed by atoms with Gasteiger partial charge in [0.1, 0.15) is 5.65 Å². The van der Waals surface area contributed by atoms with E-state index in [0.717, 1.165) is 16.9 Å². The van der Waals surface area contributed by atoms with E-state index in [1.807, 2.05) is 35.9 Å². The Morgan fingerprint density at radius 1 is 1.50 bits per heavy atom. The Labute approximate surface area is 92.7 Å². The minimum atomic E-state index is -0.861. The van der Waals surface area contributed by atoms with Gasteiger partial charge < -0.3 is 14.8 Å². The van der Waals surface area contributed by atoms with Crippen molar-refractivity contribution in [3.63, 3.8) is 0 Å². The molecule has 0 aliphatic heterocycles. The quantitative estimate of drug-likeness (QED) is 0.798. The average molecular weight is 219 g/mol. The topological polar surface area (TPSA) is 66.6 Å². The highest BCUT2D eigenvalue weighted by atomic mass is 16.4. The first-order valence-electron chi connectivity index (χ1n) is 5.02. The molecule has 5 nitrogen and oxygen atoms in total. The van der Waals surface area contributed by atoms with Crippen molar-refractivity contribution in [1.29, 1.82) is 0 Å². The van der Waals surface area contributed by atoms with E-state index in [-0.39, 0.29) is 6.54 Å². The third kappa shape index (κ3) is 2.38. The van der Waals surface area contributed by atoms with Crippen molar-refractivity contribution in [1.82, 2.24) is 14.7 Å². The predicted octanol–water partition coefficient (Wildman–Crippen LogP) is 0.817. The molecule has 16 heavy (non-hydrogen) atoms. The van der Waals surface area contributed by atoms with Crippen LogP contribution in [0.2, 0.25) is 0 Å². The molecule has 0 unspecified atom stereocenters. The minimum absolute atomic E-state index is 0.0487. The molecule has 0 aromatic carbocycles. The summed E-state index contributed by atoms with van der Waals surface area (Å²) in [5.41, 5.74) is 2.87. The Kier molecular flexibility index (Phi) is 2.87. The molecule has 0 bridgehead atoms. The maximum atomic E-state index is 10.3. The van der Waals surface area contributed by atoms with E-state index >= 15 is 0 Å². The summed E-state index contributed by atoms with van der Waals surface area (Å²) in [5.74, 6) is -0.861. The van der Waals surface area contributed by atoms with E-state index < -0.39 is 5.97 Å². The van der Waals surface area contributed by atoms with Crippen molar-refractivity contribution in [3.05, 3.63) is 35.8 Å². The van der Waals surface area contributed by atoms with Crippen LogP contribution >= 0.6 is 0 Å². The first-order valence-corrected chi connectivity index (χ1v) is 5.02. The highest BCUT2D eigenvalue weighted by Gasteiger charge is 2.02. The molecule has 0 fully saturated rings. The number of nitrogens with zero attached hydrogens (tertiary/aromatic N) is 2. The van der Waals surface area contributed by atoms with Crippen LogP contribution in [0.3, 0.4) is 0 Å². The second-order valence-electron chi connectivity index (χ2n) is 3.70. The van der Waals surface area contributed by atoms with Crippen LogP contribution in [0.5, 0.6) is 0 Å². The molecule has 0 saturated heterocycles. The van der Waals surface area contributed by atoms with Gasteiger partial charge in [0.05, 0.1) is 12.2 Å². The monoisotopic (exact) mass is 219 g/mol. The number of carbonyl (C=O) groups is 1. The minimum Gasteiger partial charge on any atom is -0.480 e. The van der Waals surface area contributed by atoms with E-state index in [2.05, 4.69) is 10.3 Å². The SMILES string of the molecule is Cc1ccc2nc(CNCC(=O)O)cn2c1. The fraction of sp³-hybridized carbons (Fsp3) is 0.273. The Balaban J connectivity index is 2.10. The summed E-state index contributed by atoms with van der Waals surface area (Å²) in [4.78, 5) is 14.7. The molecule has 2 N–H and O–H groups in total. The predicted molar refractivity (Wildman–Crippen MR) is 59.3 cm³/mol. The Morgan fingerprint density at radius 2 is 2.31 bits per heavy atom. The lowest BCUT2D eigenvalue weighted by atomic mass is 10.3. The van der Waals surface area contributed by atoms with Crippen LogP contribution in [0.1, 0.15) is 11.3 Å². The molecule has 2 aromatic heterocycles. The molecule has 0 saturated carbocycles. The molecule has 2 aromatic rings. The summed E-state index contributed by atoms with van der Waals surface area (Å²) in [6, 6.07) is 3.94. The van der Waals surface area contributed by atoms with Gasteiger partial charge in [-0.2, -0.15) is 0 Å². The highest BCUT2D eigenvalue weighted by molar-refractivity contribution is 5.68. The third-order valence-electron chi connectivity index (χ3n) is 2.23. The number of pyridine rings is 1. The van der Waals surface area contributed by atoms with Gasteiger partial charge in [-0.25, -0.2) is 4.98 Å². The van der Waals surface area contributed by atoms with Gasteiger partial charge in [0.15, 0.2) is 0 Å². The van der Waals surface area contributed by atoms with Gasteiger partial charge in [-0.15, -0.1) is 0 Å². The summed E-state index contributed by atoms with van der Waals surface area (Å²) in [7, 11) is 0. The fourth-order valence-electron chi connectivity index (χ4n) is 1.54. The van der Waals surface area contributed by atoms with Crippen LogP contribution in [0.25, 0.3) is 5.65 Å². The Bertz CT molecular complexity index is 519. The van der Waals surface area contributed by atoms with Gasteiger partial charge in [0, 0.05) is 18.9 Å². The van der Waals surface area contributed by atoms with Crippen molar-refractivity contribution in [3.8, 4) is 0 Å². The first kappa shape index (κ1) is 10.6. The molecule has 0 amide bonds. The number of fused-ring (bicyclic) bond motifs is 1. The van der Waals surface area contributed by atoms with Crippen LogP contribution < -0.4 is 5.32 Å². The number of carboxylic acids is 1. The molecule has 0 aliphatic rings. The number of aliphatic carboxylic acids is 1. The lowest BCUT2D eigenvalue weighted by Crippen LogP contribution is -2.21. The number of carboxylic acid groups (broad SMARTS) is 1. The van der Waals surface area contributed by atoms with Crippen LogP contribution in [-0.2, 0) is 11.3 Å². The van der Waals surface area contributed by atoms with E-state index in [1.54, 1.807) is 0 Å². The number of aryl methyl sites for hydroxylation is 1. The second kappa shape index (κ2) is 4.32. The molecule has 84 valence electrons. The Morgan fingerprint density at radius 3 is 3.06 bits per heavy atom. The maximum Gasteiger partial charge on any atom is 0.317 e. The summed E-state index contributed by atoms with van der Waals surface area (Å²) < 4.78 is 1.94. The number of rotatable bonds is 4. The largest absolute Gasteiger partial charge is 0.480 e. The van der Waals surface area contributed by atoms with Crippen LogP contribution in [0.15, 0.2) is 24.5 Å². The molecular weight excluding hydrogens is 206 g/mol. The number of aromatic nitrogens is 2. The van der Waals surface area contributed by atoms with Gasteiger partial charge in [-0.1, -0.05) is 6.07 Å². The standard InChI is InChI=1S/C11H13N3O2/c1-8-2-3-10-13-9(7-14(10)6-8)4-12-5-11(15)16/h2-3,6-7,12H,4-5H2,1H3,(H,15,16). The van der Waals surface area contributed by atoms with Crippen molar-refractivity contribution in [2.75, 3.05) is 6.54 Å². The maximum absolute atomic E-state index is 10.3. The van der Waals surface area contributed by atoms with E-state index in [1.165, 1.54) is 0 Å². The van der Waals surface area contributed by atoms with Crippen LogP contribution in [-0.4, -0.2) is 27.0 Å². The molecule has 5 heteroatoms. The summed E-state index contributed by atoms with van der Waals surface area (Å²) >= 11 is 0. The Hall–Kier alpha value is -1.88. The molecule has 2 heterocycles. The zero-order chi connectivity index (χ0) is 11.5. The fourth-order valence-corrected chi connectivity index (χ4v) is 1.54. The number of nitrogens with one attached hydrogen (secondary N) is 1. The zero-order valence-electron chi connectivity index (χ0n) is 8.97. The first-order chi connectivity index (χ1) is 7.65. The summed E-state index contributed by atoms with van der Waals surface area (Å²) in [5, 5.41) is 11.3. The van der Waals surface area contributed by atoms with E-state index in [0.29, 0.717) is 6.54 Å². The molecule has 0 spiro atoms. The summed E-state index contributed by atoms with van der Waals surface area (Å²) in [6.45, 7) is 2.43. The lowest BCUT2D eigenvalue weighted by molar-refractivity contribution is -0.135.